The first-order chi connectivity index (χ1) is 12.7. The van der Waals surface area contributed by atoms with Crippen molar-refractivity contribution < 1.29 is 31.8 Å². The highest BCUT2D eigenvalue weighted by molar-refractivity contribution is 5.92. The van der Waals surface area contributed by atoms with Gasteiger partial charge in [0.05, 0.1) is 13.7 Å². The van der Waals surface area contributed by atoms with E-state index in [1.165, 1.54) is 37.4 Å². The lowest BCUT2D eigenvalue weighted by Crippen LogP contribution is -2.30. The van der Waals surface area contributed by atoms with Crippen molar-refractivity contribution in [2.24, 2.45) is 0 Å². The van der Waals surface area contributed by atoms with E-state index >= 15 is 0 Å². The Hall–Kier alpha value is -2.81. The zero-order valence-electron chi connectivity index (χ0n) is 14.6. The Morgan fingerprint density at radius 1 is 1.15 bits per heavy atom. The summed E-state index contributed by atoms with van der Waals surface area (Å²) in [6, 6.07) is 8.91. The van der Waals surface area contributed by atoms with Crippen molar-refractivity contribution in [2.45, 2.75) is 12.9 Å². The average molecular weight is 386 g/mol. The molecule has 0 heterocycles. The Balaban J connectivity index is 1.90. The van der Waals surface area contributed by atoms with Crippen LogP contribution in [0.1, 0.15) is 5.56 Å². The number of halogens is 4. The molecule has 0 radical (unpaired) electrons. The van der Waals surface area contributed by atoms with Gasteiger partial charge in [-0.1, -0.05) is 0 Å². The maximum Gasteiger partial charge on any atom is 0.573 e. The van der Waals surface area contributed by atoms with Gasteiger partial charge in [-0.25, -0.2) is 4.39 Å². The zero-order valence-corrected chi connectivity index (χ0v) is 14.6. The molecule has 0 aromatic heterocycles. The molecule has 0 fully saturated rings. The summed E-state index contributed by atoms with van der Waals surface area (Å²) in [5, 5.41) is 2.57. The molecular weight excluding hydrogens is 368 g/mol. The van der Waals surface area contributed by atoms with Crippen LogP contribution < -0.4 is 14.8 Å². The highest BCUT2D eigenvalue weighted by Gasteiger charge is 2.30. The number of nitrogens with one attached hydrogen (secondary N) is 1. The molecule has 0 bridgehead atoms. The molecular formula is C18H18F4N2O3. The minimum absolute atomic E-state index is 0.0134. The average Bonchev–Trinajstić information content (AvgIpc) is 2.55. The Morgan fingerprint density at radius 2 is 1.81 bits per heavy atom. The molecule has 2 rings (SSSR count). The van der Waals surface area contributed by atoms with Crippen LogP contribution in [0.25, 0.3) is 0 Å². The molecule has 5 nitrogen and oxygen atoms in total. The normalized spacial score (nSPS) is 11.4. The Morgan fingerprint density at radius 3 is 2.41 bits per heavy atom. The molecule has 0 unspecified atom stereocenters. The Bertz CT molecular complexity index is 779. The molecule has 1 N–H and O–H groups in total. The summed E-state index contributed by atoms with van der Waals surface area (Å²) in [4.78, 5) is 13.7. The number of alkyl halides is 3. The summed E-state index contributed by atoms with van der Waals surface area (Å²) in [7, 11) is 3.14. The summed E-state index contributed by atoms with van der Waals surface area (Å²) in [5.41, 5.74) is 0.910. The van der Waals surface area contributed by atoms with Gasteiger partial charge in [-0.2, -0.15) is 0 Å². The van der Waals surface area contributed by atoms with Crippen molar-refractivity contribution in [3.05, 3.63) is 53.8 Å². The fourth-order valence-electron chi connectivity index (χ4n) is 2.40. The van der Waals surface area contributed by atoms with E-state index in [1.54, 1.807) is 11.9 Å². The van der Waals surface area contributed by atoms with Crippen LogP contribution in [-0.4, -0.2) is 37.9 Å². The summed E-state index contributed by atoms with van der Waals surface area (Å²) in [5.74, 6) is -0.665. The minimum Gasteiger partial charge on any atom is -0.496 e. The number of carbonyl (C=O) groups excluding carboxylic acids is 1. The number of hydrogen-bond acceptors (Lipinski definition) is 4. The van der Waals surface area contributed by atoms with Crippen molar-refractivity contribution in [3.8, 4) is 11.5 Å². The molecule has 1 amide bonds. The van der Waals surface area contributed by atoms with E-state index in [-0.39, 0.29) is 24.7 Å². The van der Waals surface area contributed by atoms with Crippen LogP contribution in [0.2, 0.25) is 0 Å². The first kappa shape index (κ1) is 20.5. The summed E-state index contributed by atoms with van der Waals surface area (Å²) < 4.78 is 58.7. The van der Waals surface area contributed by atoms with Crippen LogP contribution in [0.4, 0.5) is 23.2 Å². The molecule has 0 aliphatic carbocycles. The number of ether oxygens (including phenoxy) is 2. The zero-order chi connectivity index (χ0) is 20.0. The van der Waals surface area contributed by atoms with Gasteiger partial charge in [0, 0.05) is 17.8 Å². The second-order valence-corrected chi connectivity index (χ2v) is 5.75. The van der Waals surface area contributed by atoms with Gasteiger partial charge in [0.1, 0.15) is 17.3 Å². The fraction of sp³-hybridized carbons (Fsp3) is 0.278. The van der Waals surface area contributed by atoms with E-state index in [4.69, 9.17) is 4.74 Å². The third-order valence-corrected chi connectivity index (χ3v) is 3.47. The molecule has 0 saturated heterocycles. The Labute approximate surface area is 153 Å². The second kappa shape index (κ2) is 8.72. The van der Waals surface area contributed by atoms with Crippen LogP contribution in [0, 0.1) is 5.82 Å². The van der Waals surface area contributed by atoms with E-state index in [9.17, 15) is 22.4 Å². The number of amides is 1. The number of carbonyl (C=O) groups is 1. The Kier molecular flexibility index (Phi) is 6.62. The van der Waals surface area contributed by atoms with Gasteiger partial charge in [0.2, 0.25) is 5.91 Å². The topological polar surface area (TPSA) is 50.8 Å². The number of benzene rings is 2. The molecule has 0 aliphatic rings. The maximum atomic E-state index is 13.4. The second-order valence-electron chi connectivity index (χ2n) is 5.75. The summed E-state index contributed by atoms with van der Waals surface area (Å²) in [6.45, 7) is 0.257. The van der Waals surface area contributed by atoms with E-state index in [0.29, 0.717) is 17.0 Å². The highest BCUT2D eigenvalue weighted by Crippen LogP contribution is 2.24. The standard InChI is InChI=1S/C18H18F4N2O3/c1-24(10-12-9-13(19)3-8-16(12)26-2)11-17(25)23-14-4-6-15(7-5-14)27-18(20,21)22/h3-9H,10-11H2,1-2H3,(H,23,25). The molecule has 2 aromatic rings. The quantitative estimate of drug-likeness (QED) is 0.736. The van der Waals surface area contributed by atoms with Gasteiger partial charge in [0.25, 0.3) is 0 Å². The SMILES string of the molecule is COc1ccc(F)cc1CN(C)CC(=O)Nc1ccc(OC(F)(F)F)cc1. The molecule has 0 aliphatic heterocycles. The van der Waals surface area contributed by atoms with Crippen molar-refractivity contribution >= 4 is 11.6 Å². The van der Waals surface area contributed by atoms with E-state index in [2.05, 4.69) is 10.1 Å². The fourth-order valence-corrected chi connectivity index (χ4v) is 2.40. The number of nitrogens with zero attached hydrogens (tertiary/aromatic N) is 1. The van der Waals surface area contributed by atoms with Crippen molar-refractivity contribution in [1.82, 2.24) is 4.90 Å². The molecule has 9 heteroatoms. The lowest BCUT2D eigenvalue weighted by Gasteiger charge is -2.18. The van der Waals surface area contributed by atoms with Crippen molar-refractivity contribution in [2.75, 3.05) is 26.0 Å². The first-order valence-electron chi connectivity index (χ1n) is 7.83. The highest BCUT2D eigenvalue weighted by atomic mass is 19.4. The molecule has 0 atom stereocenters. The van der Waals surface area contributed by atoms with Crippen molar-refractivity contribution in [1.29, 1.82) is 0 Å². The van der Waals surface area contributed by atoms with E-state index in [1.807, 2.05) is 0 Å². The minimum atomic E-state index is -4.77. The van der Waals surface area contributed by atoms with Crippen LogP contribution in [-0.2, 0) is 11.3 Å². The van der Waals surface area contributed by atoms with Gasteiger partial charge in [0.15, 0.2) is 0 Å². The van der Waals surface area contributed by atoms with E-state index in [0.717, 1.165) is 12.1 Å². The maximum absolute atomic E-state index is 13.4. The van der Waals surface area contributed by atoms with Gasteiger partial charge < -0.3 is 14.8 Å². The number of likely N-dealkylation sites (N-methyl/N-ethyl adjacent to an activating group) is 1. The predicted molar refractivity (Wildman–Crippen MR) is 91.0 cm³/mol. The van der Waals surface area contributed by atoms with Crippen molar-refractivity contribution in [3.63, 3.8) is 0 Å². The molecule has 0 spiro atoms. The first-order valence-corrected chi connectivity index (χ1v) is 7.83. The van der Waals surface area contributed by atoms with Crippen LogP contribution >= 0.6 is 0 Å². The third-order valence-electron chi connectivity index (χ3n) is 3.47. The number of hydrogen-bond donors (Lipinski definition) is 1. The van der Waals surface area contributed by atoms with Gasteiger partial charge in [-0.3, -0.25) is 9.69 Å². The predicted octanol–water partition coefficient (Wildman–Crippen LogP) is 3.80. The van der Waals surface area contributed by atoms with Gasteiger partial charge in [-0.05, 0) is 49.5 Å². The van der Waals surface area contributed by atoms with E-state index < -0.39 is 12.2 Å². The number of rotatable bonds is 7. The van der Waals surface area contributed by atoms with Gasteiger partial charge >= 0.3 is 6.36 Å². The summed E-state index contributed by atoms with van der Waals surface area (Å²) >= 11 is 0. The number of methoxy groups -OCH3 is 1. The molecule has 146 valence electrons. The lowest BCUT2D eigenvalue weighted by atomic mass is 10.2. The summed E-state index contributed by atoms with van der Waals surface area (Å²) in [6.07, 6.45) is -4.77. The molecule has 0 saturated carbocycles. The van der Waals surface area contributed by atoms with Crippen LogP contribution in [0.5, 0.6) is 11.5 Å². The largest absolute Gasteiger partial charge is 0.573 e. The molecule has 2 aromatic carbocycles. The lowest BCUT2D eigenvalue weighted by molar-refractivity contribution is -0.274. The van der Waals surface area contributed by atoms with Crippen LogP contribution in [0.3, 0.4) is 0 Å². The number of anilines is 1. The van der Waals surface area contributed by atoms with Gasteiger partial charge in [-0.15, -0.1) is 13.2 Å². The monoisotopic (exact) mass is 386 g/mol. The third kappa shape index (κ3) is 6.78. The molecule has 27 heavy (non-hydrogen) atoms. The smallest absolute Gasteiger partial charge is 0.496 e. The van der Waals surface area contributed by atoms with Crippen LogP contribution in [0.15, 0.2) is 42.5 Å².